The smallest absolute Gasteiger partial charge is 0.0558 e. The van der Waals surface area contributed by atoms with Crippen LogP contribution < -0.4 is 5.32 Å². The highest BCUT2D eigenvalue weighted by atomic mass is 16.3. The molecule has 0 aromatic carbocycles. The van der Waals surface area contributed by atoms with Gasteiger partial charge in [0.1, 0.15) is 0 Å². The second-order valence-electron chi connectivity index (χ2n) is 5.94. The van der Waals surface area contributed by atoms with Crippen LogP contribution in [0.5, 0.6) is 0 Å². The first kappa shape index (κ1) is 16.6. The van der Waals surface area contributed by atoms with E-state index in [0.717, 1.165) is 32.7 Å². The Labute approximate surface area is 107 Å². The molecule has 17 heavy (non-hydrogen) atoms. The van der Waals surface area contributed by atoms with Crippen molar-refractivity contribution in [2.24, 2.45) is 11.3 Å². The molecule has 102 valence electrons. The van der Waals surface area contributed by atoms with Gasteiger partial charge in [0.05, 0.1) is 6.61 Å². The van der Waals surface area contributed by atoms with Crippen LogP contribution in [0.4, 0.5) is 0 Å². The van der Waals surface area contributed by atoms with Crippen LogP contribution in [0.25, 0.3) is 0 Å². The van der Waals surface area contributed by atoms with Crippen molar-refractivity contribution in [3.05, 3.63) is 12.7 Å². The minimum Gasteiger partial charge on any atom is -0.395 e. The predicted octanol–water partition coefficient (Wildman–Crippen LogP) is 1.74. The average molecular weight is 242 g/mol. The average Bonchev–Trinajstić information content (AvgIpc) is 2.16. The fourth-order valence-electron chi connectivity index (χ4n) is 1.92. The standard InChI is InChI=1S/C14H30N2O/c1-6-7-16(8-9-17)12-14(4,5)11-15-10-13(2)3/h6,13,15,17H,1,7-12H2,2-5H3. The molecule has 3 nitrogen and oxygen atoms in total. The van der Waals surface area contributed by atoms with Crippen LogP contribution in [0.1, 0.15) is 27.7 Å². The summed E-state index contributed by atoms with van der Waals surface area (Å²) in [4.78, 5) is 2.24. The van der Waals surface area contributed by atoms with Crippen molar-refractivity contribution in [1.29, 1.82) is 0 Å². The first-order valence-corrected chi connectivity index (χ1v) is 6.56. The molecule has 0 rings (SSSR count). The highest BCUT2D eigenvalue weighted by Gasteiger charge is 2.20. The van der Waals surface area contributed by atoms with Gasteiger partial charge in [-0.05, 0) is 17.9 Å². The number of aliphatic hydroxyl groups is 1. The molecule has 0 bridgehead atoms. The Kier molecular flexibility index (Phi) is 8.48. The molecule has 2 N–H and O–H groups in total. The van der Waals surface area contributed by atoms with Crippen LogP contribution >= 0.6 is 0 Å². The third-order valence-electron chi connectivity index (χ3n) is 2.61. The minimum absolute atomic E-state index is 0.212. The van der Waals surface area contributed by atoms with Gasteiger partial charge in [-0.1, -0.05) is 33.8 Å². The lowest BCUT2D eigenvalue weighted by Crippen LogP contribution is -2.42. The van der Waals surface area contributed by atoms with E-state index in [2.05, 4.69) is 44.5 Å². The van der Waals surface area contributed by atoms with Gasteiger partial charge in [-0.25, -0.2) is 0 Å². The number of nitrogens with zero attached hydrogens (tertiary/aromatic N) is 1. The van der Waals surface area contributed by atoms with Crippen LogP contribution in [0.3, 0.4) is 0 Å². The zero-order valence-corrected chi connectivity index (χ0v) is 12.0. The normalized spacial score (nSPS) is 12.4. The molecule has 0 saturated heterocycles. The van der Waals surface area contributed by atoms with Gasteiger partial charge < -0.3 is 10.4 Å². The summed E-state index contributed by atoms with van der Waals surface area (Å²) in [5.74, 6) is 0.688. The molecule has 0 radical (unpaired) electrons. The number of hydrogen-bond acceptors (Lipinski definition) is 3. The zero-order chi connectivity index (χ0) is 13.3. The van der Waals surface area contributed by atoms with E-state index in [1.54, 1.807) is 0 Å². The largest absolute Gasteiger partial charge is 0.395 e. The van der Waals surface area contributed by atoms with Crippen LogP contribution in [-0.4, -0.2) is 49.3 Å². The Bertz CT molecular complexity index is 202. The fraction of sp³-hybridized carbons (Fsp3) is 0.857. The molecule has 0 amide bonds. The van der Waals surface area contributed by atoms with Gasteiger partial charge in [0.25, 0.3) is 0 Å². The van der Waals surface area contributed by atoms with Crippen molar-refractivity contribution in [1.82, 2.24) is 10.2 Å². The van der Waals surface area contributed by atoms with E-state index in [-0.39, 0.29) is 12.0 Å². The number of nitrogens with one attached hydrogen (secondary N) is 1. The van der Waals surface area contributed by atoms with Gasteiger partial charge in [0, 0.05) is 26.2 Å². The molecule has 0 aromatic heterocycles. The zero-order valence-electron chi connectivity index (χ0n) is 12.0. The second kappa shape index (κ2) is 8.67. The predicted molar refractivity (Wildman–Crippen MR) is 75.2 cm³/mol. The van der Waals surface area contributed by atoms with Crippen molar-refractivity contribution in [3.63, 3.8) is 0 Å². The van der Waals surface area contributed by atoms with E-state index in [1.807, 2.05) is 6.08 Å². The Morgan fingerprint density at radius 2 is 2.06 bits per heavy atom. The lowest BCUT2D eigenvalue weighted by molar-refractivity contribution is 0.153. The molecule has 0 aromatic rings. The third-order valence-corrected chi connectivity index (χ3v) is 2.61. The van der Waals surface area contributed by atoms with E-state index in [9.17, 15) is 0 Å². The maximum absolute atomic E-state index is 9.02. The van der Waals surface area contributed by atoms with E-state index >= 15 is 0 Å². The van der Waals surface area contributed by atoms with Crippen LogP contribution in [0, 0.1) is 11.3 Å². The Morgan fingerprint density at radius 1 is 1.41 bits per heavy atom. The summed E-state index contributed by atoms with van der Waals surface area (Å²) in [7, 11) is 0. The molecule has 0 fully saturated rings. The molecule has 0 spiro atoms. The van der Waals surface area contributed by atoms with E-state index < -0.39 is 0 Å². The second-order valence-corrected chi connectivity index (χ2v) is 5.94. The molecule has 0 aliphatic rings. The Balaban J connectivity index is 4.04. The van der Waals surface area contributed by atoms with Crippen molar-refractivity contribution < 1.29 is 5.11 Å². The molecule has 0 heterocycles. The summed E-state index contributed by atoms with van der Waals surface area (Å²) >= 11 is 0. The van der Waals surface area contributed by atoms with Gasteiger partial charge in [0.15, 0.2) is 0 Å². The fourth-order valence-corrected chi connectivity index (χ4v) is 1.92. The van der Waals surface area contributed by atoms with Gasteiger partial charge in [-0.15, -0.1) is 6.58 Å². The van der Waals surface area contributed by atoms with Crippen molar-refractivity contribution in [2.45, 2.75) is 27.7 Å². The SMILES string of the molecule is C=CCN(CCO)CC(C)(C)CNCC(C)C. The number of aliphatic hydroxyl groups excluding tert-OH is 1. The van der Waals surface area contributed by atoms with Crippen LogP contribution in [0.15, 0.2) is 12.7 Å². The molecular weight excluding hydrogens is 212 g/mol. The van der Waals surface area contributed by atoms with Gasteiger partial charge in [-0.2, -0.15) is 0 Å². The van der Waals surface area contributed by atoms with Crippen molar-refractivity contribution >= 4 is 0 Å². The summed E-state index contributed by atoms with van der Waals surface area (Å²) < 4.78 is 0. The molecule has 3 heteroatoms. The molecule has 0 aliphatic heterocycles. The maximum Gasteiger partial charge on any atom is 0.0558 e. The Hall–Kier alpha value is -0.380. The molecule has 0 unspecified atom stereocenters. The summed E-state index contributed by atoms with van der Waals surface area (Å²) in [5.41, 5.74) is 0.215. The first-order valence-electron chi connectivity index (χ1n) is 6.56. The van der Waals surface area contributed by atoms with E-state index in [4.69, 9.17) is 5.11 Å². The van der Waals surface area contributed by atoms with Crippen molar-refractivity contribution in [3.8, 4) is 0 Å². The number of hydrogen-bond donors (Lipinski definition) is 2. The lowest BCUT2D eigenvalue weighted by Gasteiger charge is -2.32. The lowest BCUT2D eigenvalue weighted by atomic mass is 9.92. The quantitative estimate of drug-likeness (QED) is 0.573. The molecule has 0 aliphatic carbocycles. The Morgan fingerprint density at radius 3 is 2.53 bits per heavy atom. The first-order chi connectivity index (χ1) is 7.91. The highest BCUT2D eigenvalue weighted by Crippen LogP contribution is 2.15. The number of rotatable bonds is 10. The van der Waals surface area contributed by atoms with Gasteiger partial charge >= 0.3 is 0 Å². The topological polar surface area (TPSA) is 35.5 Å². The maximum atomic E-state index is 9.02. The third kappa shape index (κ3) is 9.33. The molecule has 0 atom stereocenters. The summed E-state index contributed by atoms with van der Waals surface area (Å²) in [5, 5.41) is 12.5. The van der Waals surface area contributed by atoms with Crippen LogP contribution in [-0.2, 0) is 0 Å². The van der Waals surface area contributed by atoms with Crippen LogP contribution in [0.2, 0.25) is 0 Å². The monoisotopic (exact) mass is 242 g/mol. The minimum atomic E-state index is 0.212. The summed E-state index contributed by atoms with van der Waals surface area (Å²) in [6.45, 7) is 17.5. The van der Waals surface area contributed by atoms with Gasteiger partial charge in [0.2, 0.25) is 0 Å². The van der Waals surface area contributed by atoms with Gasteiger partial charge in [-0.3, -0.25) is 4.90 Å². The highest BCUT2D eigenvalue weighted by molar-refractivity contribution is 4.80. The van der Waals surface area contributed by atoms with Crippen molar-refractivity contribution in [2.75, 3.05) is 39.3 Å². The summed E-state index contributed by atoms with van der Waals surface area (Å²) in [6.07, 6.45) is 1.90. The molecule has 0 saturated carbocycles. The van der Waals surface area contributed by atoms with E-state index in [0.29, 0.717) is 5.92 Å². The van der Waals surface area contributed by atoms with E-state index in [1.165, 1.54) is 0 Å². The molecular formula is C14H30N2O. The summed E-state index contributed by atoms with van der Waals surface area (Å²) in [6, 6.07) is 0.